The average Bonchev–Trinajstić information content (AvgIpc) is 2.74. The number of pyridine rings is 1. The number of amides is 1. The predicted molar refractivity (Wildman–Crippen MR) is 110 cm³/mol. The van der Waals surface area contributed by atoms with Crippen LogP contribution in [0.15, 0.2) is 18.3 Å². The van der Waals surface area contributed by atoms with Gasteiger partial charge in [0, 0.05) is 44.9 Å². The fourth-order valence-corrected chi connectivity index (χ4v) is 3.53. The van der Waals surface area contributed by atoms with Crippen molar-refractivity contribution in [3.05, 3.63) is 24.0 Å². The van der Waals surface area contributed by atoms with Gasteiger partial charge in [0.05, 0.1) is 32.1 Å². The molecule has 9 heteroatoms. The number of aryl methyl sites for hydroxylation is 1. The summed E-state index contributed by atoms with van der Waals surface area (Å²) < 4.78 is 11.0. The van der Waals surface area contributed by atoms with Gasteiger partial charge < -0.3 is 19.3 Å². The largest absolute Gasteiger partial charge is 0.378 e. The predicted octanol–water partition coefficient (Wildman–Crippen LogP) is 1.48. The van der Waals surface area contributed by atoms with E-state index in [9.17, 15) is 4.79 Å². The monoisotopic (exact) mass is 398 g/mol. The maximum Gasteiger partial charge on any atom is 0.229 e. The average molecular weight is 398 g/mol. The summed E-state index contributed by atoms with van der Waals surface area (Å²) in [6, 6.07) is 4.16. The van der Waals surface area contributed by atoms with E-state index in [0.717, 1.165) is 54.6 Å². The Kier molecular flexibility index (Phi) is 5.86. The summed E-state index contributed by atoms with van der Waals surface area (Å²) in [6.07, 6.45) is 1.76. The van der Waals surface area contributed by atoms with Crippen molar-refractivity contribution in [2.24, 2.45) is 0 Å². The highest BCUT2D eigenvalue weighted by atomic mass is 16.5. The molecule has 2 aliphatic rings. The molecular formula is C20H26N6O3. The Morgan fingerprint density at radius 1 is 0.966 bits per heavy atom. The number of ether oxygens (including phenoxy) is 2. The zero-order valence-electron chi connectivity index (χ0n) is 16.8. The number of hydrogen-bond donors (Lipinski definition) is 1. The van der Waals surface area contributed by atoms with Crippen LogP contribution >= 0.6 is 0 Å². The Hall–Kier alpha value is -2.78. The third-order valence-corrected chi connectivity index (χ3v) is 5.05. The van der Waals surface area contributed by atoms with Crippen molar-refractivity contribution in [2.45, 2.75) is 13.8 Å². The highest BCUT2D eigenvalue weighted by Gasteiger charge is 2.19. The van der Waals surface area contributed by atoms with E-state index in [2.05, 4.69) is 37.2 Å². The van der Waals surface area contributed by atoms with Gasteiger partial charge in [0.2, 0.25) is 11.9 Å². The van der Waals surface area contributed by atoms with Crippen molar-refractivity contribution in [2.75, 3.05) is 67.7 Å². The molecule has 1 N–H and O–H groups in total. The first-order valence-electron chi connectivity index (χ1n) is 9.89. The summed E-state index contributed by atoms with van der Waals surface area (Å²) in [5.41, 5.74) is 2.73. The maximum atomic E-state index is 11.3. The van der Waals surface area contributed by atoms with Crippen LogP contribution in [0.3, 0.4) is 0 Å². The number of morpholine rings is 2. The summed E-state index contributed by atoms with van der Waals surface area (Å²) in [7, 11) is 0. The first kappa shape index (κ1) is 19.5. The van der Waals surface area contributed by atoms with Gasteiger partial charge in [0.15, 0.2) is 0 Å². The second-order valence-corrected chi connectivity index (χ2v) is 7.14. The van der Waals surface area contributed by atoms with Crippen molar-refractivity contribution in [3.8, 4) is 11.1 Å². The van der Waals surface area contributed by atoms with Crippen LogP contribution in [0.2, 0.25) is 0 Å². The standard InChI is InChI=1S/C20H26N6O3/c1-14-17(13-21-20(22-14)23-15(2)27)16-11-18(25-3-7-28-8-4-25)24-19(12-16)26-5-9-29-10-6-26/h11-13H,3-10H2,1-2H3,(H,21,22,23,27). The molecule has 0 bridgehead atoms. The molecule has 2 fully saturated rings. The van der Waals surface area contributed by atoms with Crippen LogP contribution in [0.4, 0.5) is 17.6 Å². The van der Waals surface area contributed by atoms with Gasteiger partial charge in [0.1, 0.15) is 11.6 Å². The van der Waals surface area contributed by atoms with E-state index < -0.39 is 0 Å². The fourth-order valence-electron chi connectivity index (χ4n) is 3.53. The Balaban J connectivity index is 1.72. The molecule has 0 saturated carbocycles. The minimum absolute atomic E-state index is 0.190. The molecule has 0 unspecified atom stereocenters. The lowest BCUT2D eigenvalue weighted by Gasteiger charge is -2.32. The smallest absolute Gasteiger partial charge is 0.229 e. The highest BCUT2D eigenvalue weighted by Crippen LogP contribution is 2.30. The van der Waals surface area contributed by atoms with Crippen LogP contribution in [0, 0.1) is 6.92 Å². The SMILES string of the molecule is CC(=O)Nc1ncc(-c2cc(N3CCOCC3)nc(N3CCOCC3)c2)c(C)n1. The maximum absolute atomic E-state index is 11.3. The molecular weight excluding hydrogens is 372 g/mol. The first-order chi connectivity index (χ1) is 14.1. The van der Waals surface area contributed by atoms with Crippen LogP contribution in [0.25, 0.3) is 11.1 Å². The van der Waals surface area contributed by atoms with E-state index >= 15 is 0 Å². The highest BCUT2D eigenvalue weighted by molar-refractivity contribution is 5.86. The number of anilines is 3. The summed E-state index contributed by atoms with van der Waals surface area (Å²) in [6.45, 7) is 9.43. The van der Waals surface area contributed by atoms with Gasteiger partial charge in [-0.2, -0.15) is 0 Å². The number of nitrogens with zero attached hydrogens (tertiary/aromatic N) is 5. The Morgan fingerprint density at radius 3 is 2.00 bits per heavy atom. The van der Waals surface area contributed by atoms with E-state index in [0.29, 0.717) is 32.4 Å². The lowest BCUT2D eigenvalue weighted by atomic mass is 10.1. The Morgan fingerprint density at radius 2 is 1.52 bits per heavy atom. The quantitative estimate of drug-likeness (QED) is 0.828. The van der Waals surface area contributed by atoms with Crippen LogP contribution in [0.5, 0.6) is 0 Å². The van der Waals surface area contributed by atoms with Gasteiger partial charge in [-0.05, 0) is 24.6 Å². The molecule has 2 aromatic rings. The molecule has 2 aromatic heterocycles. The van der Waals surface area contributed by atoms with E-state index in [4.69, 9.17) is 14.5 Å². The minimum atomic E-state index is -0.190. The van der Waals surface area contributed by atoms with Crippen LogP contribution in [0.1, 0.15) is 12.6 Å². The van der Waals surface area contributed by atoms with Crippen LogP contribution in [-0.4, -0.2) is 73.5 Å². The third-order valence-electron chi connectivity index (χ3n) is 5.05. The van der Waals surface area contributed by atoms with E-state index in [1.54, 1.807) is 6.20 Å². The number of carbonyl (C=O) groups excluding carboxylic acids is 1. The molecule has 2 aliphatic heterocycles. The van der Waals surface area contributed by atoms with E-state index in [1.807, 2.05) is 6.92 Å². The van der Waals surface area contributed by atoms with Gasteiger partial charge in [-0.1, -0.05) is 0 Å². The molecule has 4 heterocycles. The molecule has 0 aromatic carbocycles. The third kappa shape index (κ3) is 4.63. The van der Waals surface area contributed by atoms with E-state index in [1.165, 1.54) is 6.92 Å². The van der Waals surface area contributed by atoms with Gasteiger partial charge in [-0.15, -0.1) is 0 Å². The summed E-state index contributed by atoms with van der Waals surface area (Å²) in [4.78, 5) is 29.5. The molecule has 29 heavy (non-hydrogen) atoms. The molecule has 0 radical (unpaired) electrons. The van der Waals surface area contributed by atoms with Crippen molar-refractivity contribution >= 4 is 23.5 Å². The molecule has 4 rings (SSSR count). The first-order valence-corrected chi connectivity index (χ1v) is 9.89. The Bertz CT molecular complexity index is 842. The fraction of sp³-hybridized carbons (Fsp3) is 0.500. The summed E-state index contributed by atoms with van der Waals surface area (Å²) in [5, 5.41) is 2.63. The van der Waals surface area contributed by atoms with E-state index in [-0.39, 0.29) is 5.91 Å². The molecule has 0 spiro atoms. The number of aromatic nitrogens is 3. The second-order valence-electron chi connectivity index (χ2n) is 7.14. The van der Waals surface area contributed by atoms with Gasteiger partial charge in [-0.3, -0.25) is 10.1 Å². The van der Waals surface area contributed by atoms with Crippen LogP contribution in [-0.2, 0) is 14.3 Å². The zero-order valence-corrected chi connectivity index (χ0v) is 16.8. The Labute approximate surface area is 170 Å². The molecule has 0 atom stereocenters. The number of hydrogen-bond acceptors (Lipinski definition) is 8. The molecule has 0 aliphatic carbocycles. The summed E-state index contributed by atoms with van der Waals surface area (Å²) >= 11 is 0. The number of carbonyl (C=O) groups is 1. The van der Waals surface area contributed by atoms with Crippen LogP contribution < -0.4 is 15.1 Å². The lowest BCUT2D eigenvalue weighted by Crippen LogP contribution is -2.39. The molecule has 2 saturated heterocycles. The molecule has 1 amide bonds. The second kappa shape index (κ2) is 8.71. The zero-order chi connectivity index (χ0) is 20.2. The lowest BCUT2D eigenvalue weighted by molar-refractivity contribution is -0.114. The normalized spacial score (nSPS) is 17.3. The van der Waals surface area contributed by atoms with Gasteiger partial charge in [-0.25, -0.2) is 15.0 Å². The number of rotatable bonds is 4. The number of nitrogens with one attached hydrogen (secondary N) is 1. The topological polar surface area (TPSA) is 92.7 Å². The molecule has 154 valence electrons. The molecule has 9 nitrogen and oxygen atoms in total. The van der Waals surface area contributed by atoms with Crippen molar-refractivity contribution in [1.29, 1.82) is 0 Å². The van der Waals surface area contributed by atoms with Crippen molar-refractivity contribution in [3.63, 3.8) is 0 Å². The van der Waals surface area contributed by atoms with Gasteiger partial charge in [0.25, 0.3) is 0 Å². The van der Waals surface area contributed by atoms with Gasteiger partial charge >= 0.3 is 0 Å². The van der Waals surface area contributed by atoms with Crippen molar-refractivity contribution in [1.82, 2.24) is 15.0 Å². The summed E-state index contributed by atoms with van der Waals surface area (Å²) in [5.74, 6) is 1.98. The minimum Gasteiger partial charge on any atom is -0.378 e. The van der Waals surface area contributed by atoms with Crippen molar-refractivity contribution < 1.29 is 14.3 Å².